The monoisotopic (exact) mass is 463 g/mol. The van der Waals surface area contributed by atoms with E-state index >= 15 is 0 Å². The molecular weight excluding hydrogens is 442 g/mol. The number of benzene rings is 2. The summed E-state index contributed by atoms with van der Waals surface area (Å²) in [4.78, 5) is 8.27. The Bertz CT molecular complexity index is 1270. The number of aryl methyl sites for hydroxylation is 1. The first-order valence-electron chi connectivity index (χ1n) is 10.3. The zero-order chi connectivity index (χ0) is 23.8. The summed E-state index contributed by atoms with van der Waals surface area (Å²) in [6.07, 6.45) is -4.21. The van der Waals surface area contributed by atoms with Gasteiger partial charge in [-0.2, -0.15) is 13.2 Å². The van der Waals surface area contributed by atoms with E-state index in [2.05, 4.69) is 15.3 Å². The molecule has 2 N–H and O–H groups in total. The number of nitrogens with zero attached hydrogens (tertiary/aromatic N) is 2. The summed E-state index contributed by atoms with van der Waals surface area (Å²) < 4.78 is 68.6. The highest BCUT2D eigenvalue weighted by Crippen LogP contribution is 2.58. The number of hydrogen-bond acceptors (Lipinski definition) is 6. The van der Waals surface area contributed by atoms with E-state index in [0.717, 1.165) is 6.07 Å². The van der Waals surface area contributed by atoms with Gasteiger partial charge in [0.25, 0.3) is 0 Å². The van der Waals surface area contributed by atoms with Gasteiger partial charge in [-0.15, -0.1) is 0 Å². The summed E-state index contributed by atoms with van der Waals surface area (Å²) in [6.45, 7) is 4.82. The molecule has 0 spiro atoms. The van der Waals surface area contributed by atoms with Gasteiger partial charge < -0.3 is 19.9 Å². The molecule has 0 bridgehead atoms. The van der Waals surface area contributed by atoms with E-state index in [4.69, 9.17) is 9.47 Å². The maximum Gasteiger partial charge on any atom is 0.419 e. The second-order valence-corrected chi connectivity index (χ2v) is 9.13. The molecule has 0 radical (unpaired) electrons. The quantitative estimate of drug-likeness (QED) is 0.525. The number of aromatic nitrogens is 2. The molecule has 0 saturated heterocycles. The fourth-order valence-electron chi connectivity index (χ4n) is 4.98. The molecule has 0 fully saturated rings. The third-order valence-corrected chi connectivity index (χ3v) is 6.32. The summed E-state index contributed by atoms with van der Waals surface area (Å²) in [5.41, 5.74) is -3.26. The van der Waals surface area contributed by atoms with E-state index < -0.39 is 35.5 Å². The Labute approximate surface area is 186 Å². The summed E-state index contributed by atoms with van der Waals surface area (Å²) in [7, 11) is 0. The van der Waals surface area contributed by atoms with Crippen LogP contribution in [0.2, 0.25) is 0 Å². The van der Waals surface area contributed by atoms with Crippen LogP contribution in [0.5, 0.6) is 11.5 Å². The second kappa shape index (κ2) is 6.93. The van der Waals surface area contributed by atoms with Gasteiger partial charge in [-0.3, -0.25) is 0 Å². The first-order chi connectivity index (χ1) is 15.4. The molecule has 2 aliphatic rings. The van der Waals surface area contributed by atoms with Gasteiger partial charge in [0, 0.05) is 28.9 Å². The molecule has 33 heavy (non-hydrogen) atoms. The third-order valence-electron chi connectivity index (χ3n) is 6.32. The van der Waals surface area contributed by atoms with Crippen molar-refractivity contribution < 1.29 is 32.1 Å². The number of halogens is 4. The van der Waals surface area contributed by atoms with Crippen LogP contribution in [-0.4, -0.2) is 33.6 Å². The largest absolute Gasteiger partial charge is 0.454 e. The average molecular weight is 463 g/mol. The van der Waals surface area contributed by atoms with Crippen LogP contribution in [0.1, 0.15) is 43.3 Å². The Morgan fingerprint density at radius 2 is 1.94 bits per heavy atom. The summed E-state index contributed by atoms with van der Waals surface area (Å²) in [5, 5.41) is 14.3. The predicted octanol–water partition coefficient (Wildman–Crippen LogP) is 4.93. The zero-order valence-corrected chi connectivity index (χ0v) is 18.0. The molecule has 2 heterocycles. The zero-order valence-electron chi connectivity index (χ0n) is 18.0. The highest BCUT2D eigenvalue weighted by molar-refractivity contribution is 5.91. The molecule has 0 amide bonds. The first kappa shape index (κ1) is 21.7. The van der Waals surface area contributed by atoms with E-state index in [-0.39, 0.29) is 23.6 Å². The minimum atomic E-state index is -4.98. The molecule has 0 saturated carbocycles. The maximum atomic E-state index is 14.4. The lowest BCUT2D eigenvalue weighted by Gasteiger charge is -2.49. The third kappa shape index (κ3) is 3.26. The van der Waals surface area contributed by atoms with Crippen LogP contribution >= 0.6 is 0 Å². The number of nitrogens with one attached hydrogen (secondary N) is 1. The van der Waals surface area contributed by atoms with E-state index in [1.807, 2.05) is 0 Å². The van der Waals surface area contributed by atoms with Gasteiger partial charge in [-0.05, 0) is 36.5 Å². The van der Waals surface area contributed by atoms with Crippen LogP contribution in [0.15, 0.2) is 30.5 Å². The fraction of sp³-hybridized carbons (Fsp3) is 0.391. The Morgan fingerprint density at radius 1 is 1.18 bits per heavy atom. The van der Waals surface area contributed by atoms with E-state index in [0.29, 0.717) is 28.3 Å². The smallest absolute Gasteiger partial charge is 0.419 e. The van der Waals surface area contributed by atoms with Crippen LogP contribution in [-0.2, 0) is 5.41 Å². The second-order valence-electron chi connectivity index (χ2n) is 9.13. The molecule has 6 nitrogen and oxygen atoms in total. The van der Waals surface area contributed by atoms with Crippen molar-refractivity contribution in [1.29, 1.82) is 0 Å². The number of fused-ring (bicyclic) bond motifs is 4. The number of rotatable bonds is 2. The van der Waals surface area contributed by atoms with Gasteiger partial charge in [0.2, 0.25) is 6.79 Å². The summed E-state index contributed by atoms with van der Waals surface area (Å²) >= 11 is 0. The number of hydrogen-bond donors (Lipinski definition) is 2. The molecule has 2 aromatic carbocycles. The van der Waals surface area contributed by atoms with Crippen LogP contribution in [0.25, 0.3) is 10.9 Å². The fourth-order valence-corrected chi connectivity index (χ4v) is 4.98. The van der Waals surface area contributed by atoms with Gasteiger partial charge in [0.15, 0.2) is 17.1 Å². The Balaban J connectivity index is 1.74. The average Bonchev–Trinajstić information content (AvgIpc) is 3.17. The summed E-state index contributed by atoms with van der Waals surface area (Å²) in [6, 6.07) is 3.61. The molecule has 5 rings (SSSR count). The molecule has 3 aromatic rings. The van der Waals surface area contributed by atoms with Gasteiger partial charge in [0.05, 0.1) is 11.6 Å². The number of anilines is 1. The molecule has 1 aromatic heterocycles. The number of alkyl halides is 3. The Kier molecular flexibility index (Phi) is 4.55. The predicted molar refractivity (Wildman–Crippen MR) is 112 cm³/mol. The van der Waals surface area contributed by atoms with Gasteiger partial charge in [0.1, 0.15) is 11.6 Å². The molecule has 174 valence electrons. The Morgan fingerprint density at radius 3 is 2.67 bits per heavy atom. The van der Waals surface area contributed by atoms with Crippen molar-refractivity contribution in [2.75, 3.05) is 12.1 Å². The SMILES string of the molecule is Cc1ncc2c(NC3c4ccc5c(c4C(C)(C)CC3(O)C(F)(F)F)OCO5)cc(F)cc2n1. The van der Waals surface area contributed by atoms with Crippen molar-refractivity contribution in [3.63, 3.8) is 0 Å². The van der Waals surface area contributed by atoms with Crippen molar-refractivity contribution in [1.82, 2.24) is 9.97 Å². The molecular formula is C23H21F4N3O3. The summed E-state index contributed by atoms with van der Waals surface area (Å²) in [5.74, 6) is 0.499. The van der Waals surface area contributed by atoms with Crippen molar-refractivity contribution in [3.05, 3.63) is 53.2 Å². The van der Waals surface area contributed by atoms with Crippen molar-refractivity contribution >= 4 is 16.6 Å². The highest BCUT2D eigenvalue weighted by Gasteiger charge is 2.64. The van der Waals surface area contributed by atoms with E-state index in [1.54, 1.807) is 20.8 Å². The molecule has 10 heteroatoms. The first-order valence-corrected chi connectivity index (χ1v) is 10.3. The van der Waals surface area contributed by atoms with Crippen molar-refractivity contribution in [3.8, 4) is 11.5 Å². The lowest BCUT2D eigenvalue weighted by Crippen LogP contribution is -2.58. The van der Waals surface area contributed by atoms with Crippen LogP contribution in [0.3, 0.4) is 0 Å². The minimum Gasteiger partial charge on any atom is -0.454 e. The standard InChI is InChI=1S/C23H21F4N3O3/c1-11-28-8-14-15(29-11)6-12(24)7-16(14)30-20-13-4-5-17-19(33-10-32-17)18(13)21(2,3)9-22(20,31)23(25,26)27/h4-8,20,30-31H,9-10H2,1-3H3. The highest BCUT2D eigenvalue weighted by atomic mass is 19.4. The molecule has 2 unspecified atom stereocenters. The molecule has 1 aliphatic carbocycles. The lowest BCUT2D eigenvalue weighted by atomic mass is 9.63. The normalized spacial score (nSPS) is 23.5. The Hall–Kier alpha value is -3.14. The van der Waals surface area contributed by atoms with Crippen LogP contribution in [0.4, 0.5) is 23.2 Å². The lowest BCUT2D eigenvalue weighted by molar-refractivity contribution is -0.275. The molecule has 1 aliphatic heterocycles. The van der Waals surface area contributed by atoms with Crippen molar-refractivity contribution in [2.24, 2.45) is 0 Å². The van der Waals surface area contributed by atoms with Crippen molar-refractivity contribution in [2.45, 2.75) is 50.4 Å². The van der Waals surface area contributed by atoms with E-state index in [1.165, 1.54) is 24.4 Å². The number of aliphatic hydroxyl groups is 1. The van der Waals surface area contributed by atoms with Gasteiger partial charge in [-0.25, -0.2) is 14.4 Å². The number of ether oxygens (including phenoxy) is 2. The minimum absolute atomic E-state index is 0.0426. The molecule has 2 atom stereocenters. The maximum absolute atomic E-state index is 14.4. The van der Waals surface area contributed by atoms with E-state index in [9.17, 15) is 22.7 Å². The van der Waals surface area contributed by atoms with Gasteiger partial charge in [-0.1, -0.05) is 19.9 Å². The van der Waals surface area contributed by atoms with Crippen LogP contribution in [0, 0.1) is 12.7 Å². The van der Waals surface area contributed by atoms with Gasteiger partial charge >= 0.3 is 6.18 Å². The van der Waals surface area contributed by atoms with Crippen LogP contribution < -0.4 is 14.8 Å². The topological polar surface area (TPSA) is 76.5 Å².